The number of rotatable bonds is 7. The fourth-order valence-electron chi connectivity index (χ4n) is 4.61. The lowest BCUT2D eigenvalue weighted by molar-refractivity contribution is -0.125. The molecule has 34 heavy (non-hydrogen) atoms. The number of H-pyrrole nitrogens is 1. The van der Waals surface area contributed by atoms with Crippen LogP contribution in [0.15, 0.2) is 77.4 Å². The Morgan fingerprint density at radius 1 is 1.21 bits per heavy atom. The van der Waals surface area contributed by atoms with Crippen molar-refractivity contribution in [3.05, 3.63) is 100 Å². The van der Waals surface area contributed by atoms with Gasteiger partial charge in [-0.15, -0.1) is 0 Å². The molecule has 4 rings (SSSR count). The third-order valence-electron chi connectivity index (χ3n) is 6.35. The number of aromatic amines is 1. The highest BCUT2D eigenvalue weighted by Crippen LogP contribution is 2.47. The first kappa shape index (κ1) is 23.3. The highest BCUT2D eigenvalue weighted by molar-refractivity contribution is 6.07. The number of methoxy groups -OCH3 is 2. The highest BCUT2D eigenvalue weighted by Gasteiger charge is 2.35. The van der Waals surface area contributed by atoms with Gasteiger partial charge in [-0.1, -0.05) is 18.6 Å². The molecule has 0 saturated carbocycles. The van der Waals surface area contributed by atoms with Gasteiger partial charge in [-0.25, -0.2) is 4.39 Å². The molecule has 2 aromatic rings. The Morgan fingerprint density at radius 3 is 2.53 bits per heavy atom. The molecule has 0 fully saturated rings. The first-order chi connectivity index (χ1) is 16.3. The average Bonchev–Trinajstić information content (AvgIpc) is 3.44. The van der Waals surface area contributed by atoms with Crippen LogP contribution in [0.25, 0.3) is 5.57 Å². The van der Waals surface area contributed by atoms with Crippen LogP contribution in [0.2, 0.25) is 0 Å². The number of aromatic nitrogens is 1. The van der Waals surface area contributed by atoms with Gasteiger partial charge in [-0.2, -0.15) is 0 Å². The minimum absolute atomic E-state index is 0.116. The van der Waals surface area contributed by atoms with E-state index in [9.17, 15) is 14.0 Å². The van der Waals surface area contributed by atoms with Crippen molar-refractivity contribution in [2.24, 2.45) is 5.92 Å². The number of carbonyl (C=O) groups excluding carboxylic acids is 2. The van der Waals surface area contributed by atoms with E-state index in [2.05, 4.69) is 10.3 Å². The molecule has 2 aliphatic rings. The van der Waals surface area contributed by atoms with Crippen LogP contribution < -0.4 is 5.32 Å². The van der Waals surface area contributed by atoms with Gasteiger partial charge in [0.25, 0.3) is 5.78 Å². The Labute approximate surface area is 197 Å². The predicted molar refractivity (Wildman–Crippen MR) is 127 cm³/mol. The molecule has 0 aliphatic heterocycles. The number of allylic oxidation sites excluding steroid dienone is 6. The quantitative estimate of drug-likeness (QED) is 0.633. The predicted octanol–water partition coefficient (Wildman–Crippen LogP) is 4.55. The minimum Gasteiger partial charge on any atom is -0.492 e. The summed E-state index contributed by atoms with van der Waals surface area (Å²) in [6.45, 7) is 4.20. The highest BCUT2D eigenvalue weighted by atomic mass is 19.1. The monoisotopic (exact) mass is 462 g/mol. The Bertz CT molecular complexity index is 1230. The molecule has 2 aliphatic carbocycles. The molecule has 0 saturated heterocycles. The van der Waals surface area contributed by atoms with Gasteiger partial charge in [0, 0.05) is 23.7 Å². The summed E-state index contributed by atoms with van der Waals surface area (Å²) in [5.41, 5.74) is 5.08. The minimum atomic E-state index is -0.422. The van der Waals surface area contributed by atoms with E-state index in [0.29, 0.717) is 12.1 Å². The second-order valence-electron chi connectivity index (χ2n) is 8.41. The van der Waals surface area contributed by atoms with Gasteiger partial charge in [0.1, 0.15) is 5.82 Å². The van der Waals surface area contributed by atoms with Crippen molar-refractivity contribution >= 4 is 17.3 Å². The molecule has 176 valence electrons. The van der Waals surface area contributed by atoms with Crippen LogP contribution in [0, 0.1) is 11.7 Å². The fourth-order valence-corrected chi connectivity index (χ4v) is 4.61. The zero-order chi connectivity index (χ0) is 24.4. The standard InChI is InChI=1S/C27H27FN2O4/c1-15-21(10-17-11-23(33-3)26(31)24(12-17)34-4)20-8-7-18(28)13-22(20)25(15)16(2)27(32)30-14-19-6-5-9-29-19/h5-13,16,25,29H,14H2,1-4H3,(H,30,32). The number of amides is 1. The Morgan fingerprint density at radius 2 is 1.91 bits per heavy atom. The summed E-state index contributed by atoms with van der Waals surface area (Å²) < 4.78 is 24.7. The SMILES string of the molecule is COC1=CC(=CC2=C(C)C(C(C)C(=O)NCc3ccc[nH]3)c3cc(F)ccc32)C=C(OC)C1=O. The largest absolute Gasteiger partial charge is 0.492 e. The number of hydrogen-bond acceptors (Lipinski definition) is 4. The fraction of sp³-hybridized carbons (Fsp3) is 0.259. The van der Waals surface area contributed by atoms with Crippen LogP contribution in [0.4, 0.5) is 4.39 Å². The lowest BCUT2D eigenvalue weighted by Crippen LogP contribution is -2.32. The maximum Gasteiger partial charge on any atom is 0.261 e. The Kier molecular flexibility index (Phi) is 6.54. The Hall–Kier alpha value is -3.87. The molecule has 0 bridgehead atoms. The molecular formula is C27H27FN2O4. The third kappa shape index (κ3) is 4.33. The third-order valence-corrected chi connectivity index (χ3v) is 6.35. The van der Waals surface area contributed by atoms with Crippen molar-refractivity contribution < 1.29 is 23.5 Å². The molecule has 0 radical (unpaired) electrons. The molecule has 2 unspecified atom stereocenters. The zero-order valence-corrected chi connectivity index (χ0v) is 19.6. The van der Waals surface area contributed by atoms with Gasteiger partial charge in [0.2, 0.25) is 5.91 Å². The summed E-state index contributed by atoms with van der Waals surface area (Å²) in [6.07, 6.45) is 7.02. The van der Waals surface area contributed by atoms with Gasteiger partial charge in [-0.3, -0.25) is 9.59 Å². The van der Waals surface area contributed by atoms with Crippen LogP contribution in [-0.4, -0.2) is 30.9 Å². The lowest BCUT2D eigenvalue weighted by Gasteiger charge is -2.22. The van der Waals surface area contributed by atoms with E-state index in [1.807, 2.05) is 32.1 Å². The number of fused-ring (bicyclic) bond motifs is 1. The van der Waals surface area contributed by atoms with Gasteiger partial charge in [0.05, 0.1) is 20.8 Å². The number of nitrogens with one attached hydrogen (secondary N) is 2. The Balaban J connectivity index is 1.71. The first-order valence-electron chi connectivity index (χ1n) is 11.0. The molecule has 1 aromatic heterocycles. The van der Waals surface area contributed by atoms with Crippen molar-refractivity contribution in [3.63, 3.8) is 0 Å². The van der Waals surface area contributed by atoms with Crippen molar-refractivity contribution in [1.29, 1.82) is 0 Å². The van der Waals surface area contributed by atoms with Crippen molar-refractivity contribution in [3.8, 4) is 0 Å². The van der Waals surface area contributed by atoms with E-state index in [1.54, 1.807) is 24.4 Å². The first-order valence-corrected chi connectivity index (χ1v) is 11.0. The summed E-state index contributed by atoms with van der Waals surface area (Å²) in [5.74, 6) is -1.15. The molecule has 0 spiro atoms. The summed E-state index contributed by atoms with van der Waals surface area (Å²) in [7, 11) is 2.86. The van der Waals surface area contributed by atoms with Gasteiger partial charge in [-0.05, 0) is 71.7 Å². The summed E-state index contributed by atoms with van der Waals surface area (Å²) >= 11 is 0. The maximum absolute atomic E-state index is 14.3. The number of benzene rings is 1. The number of halogens is 1. The molecule has 2 atom stereocenters. The maximum atomic E-state index is 14.3. The van der Waals surface area contributed by atoms with Crippen LogP contribution in [-0.2, 0) is 25.6 Å². The van der Waals surface area contributed by atoms with E-state index in [-0.39, 0.29) is 34.9 Å². The van der Waals surface area contributed by atoms with Crippen molar-refractivity contribution in [2.75, 3.05) is 14.2 Å². The topological polar surface area (TPSA) is 80.4 Å². The van der Waals surface area contributed by atoms with Crippen molar-refractivity contribution in [1.82, 2.24) is 10.3 Å². The van der Waals surface area contributed by atoms with Crippen LogP contribution >= 0.6 is 0 Å². The molecule has 2 N–H and O–H groups in total. The lowest BCUT2D eigenvalue weighted by atomic mass is 9.84. The summed E-state index contributed by atoms with van der Waals surface area (Å²) in [5, 5.41) is 2.96. The number of ether oxygens (including phenoxy) is 2. The van der Waals surface area contributed by atoms with Gasteiger partial charge < -0.3 is 19.8 Å². The van der Waals surface area contributed by atoms with Crippen LogP contribution in [0.3, 0.4) is 0 Å². The molecule has 6 nitrogen and oxygen atoms in total. The van der Waals surface area contributed by atoms with E-state index in [1.165, 1.54) is 26.4 Å². The van der Waals surface area contributed by atoms with E-state index in [0.717, 1.165) is 28.0 Å². The van der Waals surface area contributed by atoms with Crippen molar-refractivity contribution in [2.45, 2.75) is 26.3 Å². The van der Waals surface area contributed by atoms with Gasteiger partial charge >= 0.3 is 0 Å². The van der Waals surface area contributed by atoms with Crippen LogP contribution in [0.5, 0.6) is 0 Å². The summed E-state index contributed by atoms with van der Waals surface area (Å²) in [6, 6.07) is 8.43. The molecule has 7 heteroatoms. The normalized spacial score (nSPS) is 18.2. The number of ketones is 1. The van der Waals surface area contributed by atoms with E-state index in [4.69, 9.17) is 9.47 Å². The number of hydrogen-bond donors (Lipinski definition) is 2. The van der Waals surface area contributed by atoms with E-state index >= 15 is 0 Å². The molecule has 1 heterocycles. The van der Waals surface area contributed by atoms with E-state index < -0.39 is 5.92 Å². The number of Topliss-reactive ketones (excluding diaryl/α,β-unsaturated/α-hetero) is 1. The molecular weight excluding hydrogens is 435 g/mol. The average molecular weight is 463 g/mol. The second-order valence-corrected chi connectivity index (χ2v) is 8.41. The smallest absolute Gasteiger partial charge is 0.261 e. The zero-order valence-electron chi connectivity index (χ0n) is 19.6. The van der Waals surface area contributed by atoms with Crippen LogP contribution in [0.1, 0.15) is 36.6 Å². The molecule has 1 aromatic carbocycles. The second kappa shape index (κ2) is 9.55. The number of carbonyl (C=O) groups is 2. The molecule has 1 amide bonds. The van der Waals surface area contributed by atoms with Gasteiger partial charge in [0.15, 0.2) is 11.5 Å². The summed E-state index contributed by atoms with van der Waals surface area (Å²) in [4.78, 5) is 28.4.